The van der Waals surface area contributed by atoms with Crippen molar-refractivity contribution >= 4 is 44.6 Å². The summed E-state index contributed by atoms with van der Waals surface area (Å²) in [5, 5.41) is 2.20. The van der Waals surface area contributed by atoms with E-state index >= 15 is 0 Å². The number of aromatic nitrogens is 2. The van der Waals surface area contributed by atoms with E-state index in [0.29, 0.717) is 11.5 Å². The van der Waals surface area contributed by atoms with Gasteiger partial charge >= 0.3 is 0 Å². The van der Waals surface area contributed by atoms with Gasteiger partial charge in [-0.05, 0) is 96.5 Å². The number of anilines is 4. The summed E-state index contributed by atoms with van der Waals surface area (Å²) in [5.41, 5.74) is 19.0. The van der Waals surface area contributed by atoms with E-state index in [1.165, 1.54) is 27.8 Å². The molecule has 1 aliphatic rings. The van der Waals surface area contributed by atoms with Crippen LogP contribution in [0.2, 0.25) is 0 Å². The van der Waals surface area contributed by atoms with Gasteiger partial charge in [0.1, 0.15) is 5.82 Å². The minimum atomic E-state index is -0.157. The van der Waals surface area contributed by atoms with Gasteiger partial charge in [0, 0.05) is 78.0 Å². The molecule has 0 bridgehead atoms. The van der Waals surface area contributed by atoms with E-state index in [0.717, 1.165) is 83.8 Å². The summed E-state index contributed by atoms with van der Waals surface area (Å²) in [6.07, 6.45) is 2.05. The number of benzene rings is 9. The predicted octanol–water partition coefficient (Wildman–Crippen LogP) is 19.5. The van der Waals surface area contributed by atoms with Gasteiger partial charge < -0.3 is 19.1 Å². The van der Waals surface area contributed by atoms with Gasteiger partial charge in [-0.2, -0.15) is 12.1 Å². The molecular formula is C72H63N4OPt-3. The Morgan fingerprint density at radius 3 is 1.68 bits per heavy atom. The van der Waals surface area contributed by atoms with E-state index in [1.54, 1.807) is 0 Å². The van der Waals surface area contributed by atoms with Crippen LogP contribution < -0.4 is 14.5 Å². The zero-order valence-corrected chi connectivity index (χ0v) is 48.1. The summed E-state index contributed by atoms with van der Waals surface area (Å²) >= 11 is 0. The first-order valence-corrected chi connectivity index (χ1v) is 26.8. The zero-order chi connectivity index (χ0) is 53.2. The molecule has 0 saturated heterocycles. The van der Waals surface area contributed by atoms with E-state index in [4.69, 9.17) is 9.72 Å². The molecule has 0 radical (unpaired) electrons. The Labute approximate surface area is 475 Å². The molecule has 0 spiro atoms. The molecule has 78 heavy (non-hydrogen) atoms. The van der Waals surface area contributed by atoms with Gasteiger partial charge in [-0.25, -0.2) is 4.98 Å². The smallest absolute Gasteiger partial charge is 0.135 e. The third-order valence-electron chi connectivity index (χ3n) is 15.0. The fourth-order valence-corrected chi connectivity index (χ4v) is 10.9. The monoisotopic (exact) mass is 1190 g/mol. The van der Waals surface area contributed by atoms with Crippen molar-refractivity contribution in [3.05, 3.63) is 248 Å². The van der Waals surface area contributed by atoms with Gasteiger partial charge in [0.05, 0.1) is 0 Å². The van der Waals surface area contributed by atoms with Crippen molar-refractivity contribution in [1.82, 2.24) is 9.55 Å². The minimum Gasteiger partial charge on any atom is -0.509 e. The fourth-order valence-electron chi connectivity index (χ4n) is 10.9. The Hall–Kier alpha value is -7.98. The summed E-state index contributed by atoms with van der Waals surface area (Å²) in [4.78, 5) is 9.79. The molecule has 0 fully saturated rings. The number of ether oxygens (including phenoxy) is 1. The van der Waals surface area contributed by atoms with Crippen LogP contribution in [0.15, 0.2) is 212 Å². The Morgan fingerprint density at radius 2 is 1.00 bits per heavy atom. The molecule has 0 atom stereocenters. The largest absolute Gasteiger partial charge is 0.509 e. The van der Waals surface area contributed by atoms with Crippen molar-refractivity contribution in [3.63, 3.8) is 0 Å². The second-order valence-electron chi connectivity index (χ2n) is 23.4. The summed E-state index contributed by atoms with van der Waals surface area (Å²) in [5.74, 6) is 2.00. The first-order valence-electron chi connectivity index (χ1n) is 26.8. The summed E-state index contributed by atoms with van der Waals surface area (Å²) < 4.78 is 9.03. The molecule has 0 N–H and O–H groups in total. The Morgan fingerprint density at radius 1 is 0.436 bits per heavy atom. The van der Waals surface area contributed by atoms with Crippen LogP contribution >= 0.6 is 0 Å². The van der Waals surface area contributed by atoms with E-state index in [-0.39, 0.29) is 37.3 Å². The fraction of sp³-hybridized carbons (Fsp3) is 0.167. The van der Waals surface area contributed by atoms with Crippen molar-refractivity contribution < 1.29 is 25.8 Å². The third kappa shape index (κ3) is 9.86. The van der Waals surface area contributed by atoms with Crippen molar-refractivity contribution in [2.45, 2.75) is 78.6 Å². The Kier molecular flexibility index (Phi) is 13.6. The molecule has 12 rings (SSSR count). The number of hydrogen-bond donors (Lipinski definition) is 0. The average molecular weight is 1200 g/mol. The van der Waals surface area contributed by atoms with Gasteiger partial charge in [0.15, 0.2) is 0 Å². The van der Waals surface area contributed by atoms with Gasteiger partial charge in [-0.1, -0.05) is 213 Å². The first kappa shape index (κ1) is 52.1. The standard InChI is InChI=1S/C72H63N4O.Pt/c1-70(2,3)53-36-32-49(33-37-53)58-27-19-28-59(52-23-17-22-51(42-52)48-20-11-10-12-21-48)69(58)75-47-74(65-30-15-16-31-66(65)75)55-24-18-25-56(43-55)77-57-40-41-61-60-26-13-14-29-64(60)76(67(61)44-57)68-45-63(72(7,8)9)62(46-73-68)50-34-38-54(39-35-50)71(4,5)6;/h10-42,45-47H,1-9H3;/q-3;. The molecular weight excluding hydrogens is 1130 g/mol. The molecule has 11 aromatic rings. The van der Waals surface area contributed by atoms with Crippen LogP contribution in [0, 0.1) is 18.8 Å². The number of pyridine rings is 1. The topological polar surface area (TPSA) is 33.5 Å². The number of rotatable bonds is 9. The van der Waals surface area contributed by atoms with Crippen molar-refractivity contribution in [3.8, 4) is 61.8 Å². The first-order chi connectivity index (χ1) is 37.1. The number of hydrogen-bond acceptors (Lipinski definition) is 4. The molecule has 0 saturated carbocycles. The summed E-state index contributed by atoms with van der Waals surface area (Å²) in [6.45, 7) is 22.6. The van der Waals surface area contributed by atoms with Crippen LogP contribution in [0.1, 0.15) is 79.0 Å². The molecule has 3 heterocycles. The van der Waals surface area contributed by atoms with Crippen LogP contribution in [0.25, 0.3) is 72.1 Å². The van der Waals surface area contributed by atoms with Crippen molar-refractivity contribution in [2.24, 2.45) is 0 Å². The van der Waals surface area contributed by atoms with Gasteiger partial charge in [0.2, 0.25) is 0 Å². The Balaban J connectivity index is 0.00000645. The van der Waals surface area contributed by atoms with Crippen LogP contribution in [-0.2, 0) is 37.3 Å². The molecule has 1 aliphatic heterocycles. The second-order valence-corrected chi connectivity index (χ2v) is 23.4. The van der Waals surface area contributed by atoms with E-state index in [1.807, 2.05) is 24.4 Å². The summed E-state index contributed by atoms with van der Waals surface area (Å²) in [7, 11) is 0. The summed E-state index contributed by atoms with van der Waals surface area (Å²) in [6, 6.07) is 81.3. The van der Waals surface area contributed by atoms with Gasteiger partial charge in [-0.3, -0.25) is 0 Å². The maximum Gasteiger partial charge on any atom is 0.135 e. The maximum atomic E-state index is 6.80. The molecule has 2 aromatic heterocycles. The zero-order valence-electron chi connectivity index (χ0n) is 45.8. The molecule has 5 nitrogen and oxygen atoms in total. The average Bonchev–Trinajstić information content (AvgIpc) is 4.22. The molecule has 6 heteroatoms. The van der Waals surface area contributed by atoms with Crippen molar-refractivity contribution in [1.29, 1.82) is 0 Å². The predicted molar refractivity (Wildman–Crippen MR) is 322 cm³/mol. The molecule has 0 unspecified atom stereocenters. The maximum absolute atomic E-state index is 6.80. The molecule has 9 aromatic carbocycles. The molecule has 0 aliphatic carbocycles. The quantitative estimate of drug-likeness (QED) is 0.135. The van der Waals surface area contributed by atoms with Gasteiger partial charge in [0.25, 0.3) is 0 Å². The van der Waals surface area contributed by atoms with Crippen molar-refractivity contribution in [2.75, 3.05) is 9.80 Å². The minimum absolute atomic E-state index is 0. The number of para-hydroxylation sites is 4. The van der Waals surface area contributed by atoms with E-state index in [9.17, 15) is 0 Å². The van der Waals surface area contributed by atoms with Gasteiger partial charge in [-0.15, -0.1) is 48.1 Å². The van der Waals surface area contributed by atoms with Crippen LogP contribution in [0.5, 0.6) is 11.5 Å². The van der Waals surface area contributed by atoms with Crippen LogP contribution in [0.4, 0.5) is 22.7 Å². The normalized spacial score (nSPS) is 12.7. The number of fused-ring (bicyclic) bond motifs is 4. The number of nitrogens with zero attached hydrogens (tertiary/aromatic N) is 4. The third-order valence-corrected chi connectivity index (χ3v) is 15.0. The van der Waals surface area contributed by atoms with Crippen LogP contribution in [0.3, 0.4) is 0 Å². The molecule has 0 amide bonds. The van der Waals surface area contributed by atoms with Crippen LogP contribution in [-0.4, -0.2) is 9.55 Å². The van der Waals surface area contributed by atoms with E-state index in [2.05, 4.69) is 284 Å². The second kappa shape index (κ2) is 20.4. The SMILES string of the molecule is CC(C)(C)c1ccc(-c2cnc(-n3c4[c-]c(Oc5[c-]c(N6[CH-]N(c7c(-c8ccc(C(C)(C)C)cc8)cccc7-c7cccc(-c8ccccc8)c7)c7ccccc76)ccc5)ccc4c4ccccc43)cc2C(C)(C)C)cc1.[Pt]. The van der Waals surface area contributed by atoms with E-state index < -0.39 is 0 Å². The molecule has 390 valence electrons. The Bertz CT molecular complexity index is 3990.